The van der Waals surface area contributed by atoms with Crippen LogP contribution >= 0.6 is 24.0 Å². The third kappa shape index (κ3) is 7.79. The van der Waals surface area contributed by atoms with E-state index in [1.165, 1.54) is 0 Å². The van der Waals surface area contributed by atoms with E-state index in [0.717, 1.165) is 75.0 Å². The van der Waals surface area contributed by atoms with Gasteiger partial charge >= 0.3 is 0 Å². The van der Waals surface area contributed by atoms with E-state index in [0.29, 0.717) is 18.9 Å². The van der Waals surface area contributed by atoms with Crippen molar-refractivity contribution in [2.45, 2.75) is 52.5 Å². The maximum Gasteiger partial charge on any atom is 0.222 e. The van der Waals surface area contributed by atoms with Gasteiger partial charge in [0, 0.05) is 51.2 Å². The number of hydrogen-bond acceptors (Lipinski definition) is 4. The number of aromatic nitrogens is 3. The van der Waals surface area contributed by atoms with Crippen molar-refractivity contribution in [3.05, 3.63) is 42.1 Å². The molecule has 0 spiro atoms. The minimum Gasteiger partial charge on any atom is -0.357 e. The normalized spacial score (nSPS) is 14.7. The SMILES string of the molecule is CCNC(=NCc1ccc(-n2ccnc2C)nc1)NCCCN1CCCCCC1=O.I. The van der Waals surface area contributed by atoms with Crippen molar-refractivity contribution >= 4 is 35.8 Å². The number of aliphatic imine (C=N–C) groups is 1. The Labute approximate surface area is 202 Å². The maximum atomic E-state index is 12.1. The smallest absolute Gasteiger partial charge is 0.222 e. The summed E-state index contributed by atoms with van der Waals surface area (Å²) in [5.74, 6) is 2.85. The summed E-state index contributed by atoms with van der Waals surface area (Å²) < 4.78 is 1.95. The molecule has 1 amide bonds. The largest absolute Gasteiger partial charge is 0.357 e. The highest BCUT2D eigenvalue weighted by molar-refractivity contribution is 14.0. The first-order valence-electron chi connectivity index (χ1n) is 10.9. The van der Waals surface area contributed by atoms with E-state index < -0.39 is 0 Å². The molecule has 0 aliphatic carbocycles. The maximum absolute atomic E-state index is 12.1. The van der Waals surface area contributed by atoms with Gasteiger partial charge in [-0.25, -0.2) is 15.0 Å². The Morgan fingerprint density at radius 2 is 2.06 bits per heavy atom. The number of hydrogen-bond donors (Lipinski definition) is 2. The molecule has 170 valence electrons. The Balaban J connectivity index is 0.00000341. The summed E-state index contributed by atoms with van der Waals surface area (Å²) in [5, 5.41) is 6.65. The minimum absolute atomic E-state index is 0. The summed E-state index contributed by atoms with van der Waals surface area (Å²) >= 11 is 0. The quantitative estimate of drug-likeness (QED) is 0.233. The van der Waals surface area contributed by atoms with Gasteiger partial charge in [0.2, 0.25) is 5.91 Å². The van der Waals surface area contributed by atoms with Crippen molar-refractivity contribution in [1.29, 1.82) is 0 Å². The molecule has 0 saturated carbocycles. The molecule has 2 aromatic heterocycles. The number of rotatable bonds is 8. The topological polar surface area (TPSA) is 87.4 Å². The summed E-state index contributed by atoms with van der Waals surface area (Å²) in [6, 6.07) is 4.03. The fraction of sp³-hybridized carbons (Fsp3) is 0.545. The van der Waals surface area contributed by atoms with Crippen LogP contribution in [0, 0.1) is 6.92 Å². The predicted molar refractivity (Wildman–Crippen MR) is 134 cm³/mol. The van der Waals surface area contributed by atoms with Crippen LogP contribution in [0.1, 0.15) is 50.4 Å². The van der Waals surface area contributed by atoms with Gasteiger partial charge in [-0.3, -0.25) is 9.36 Å². The fourth-order valence-electron chi connectivity index (χ4n) is 3.54. The molecular weight excluding hydrogens is 505 g/mol. The molecule has 2 aromatic rings. The number of aryl methyl sites for hydroxylation is 1. The second kappa shape index (κ2) is 13.3. The van der Waals surface area contributed by atoms with Gasteiger partial charge in [-0.15, -0.1) is 24.0 Å². The van der Waals surface area contributed by atoms with Crippen LogP contribution in [0.2, 0.25) is 0 Å². The number of nitrogens with zero attached hydrogens (tertiary/aromatic N) is 5. The zero-order chi connectivity index (χ0) is 21.2. The number of likely N-dealkylation sites (tertiary alicyclic amines) is 1. The Bertz CT molecular complexity index is 835. The average molecular weight is 539 g/mol. The molecule has 0 aromatic carbocycles. The van der Waals surface area contributed by atoms with Crippen molar-refractivity contribution in [1.82, 2.24) is 30.1 Å². The number of carbonyl (C=O) groups excluding carboxylic acids is 1. The highest BCUT2D eigenvalue weighted by atomic mass is 127. The van der Waals surface area contributed by atoms with Crippen molar-refractivity contribution in [3.8, 4) is 5.82 Å². The molecule has 0 atom stereocenters. The molecule has 1 saturated heterocycles. The van der Waals surface area contributed by atoms with E-state index in [1.54, 1.807) is 6.20 Å². The van der Waals surface area contributed by atoms with Crippen molar-refractivity contribution in [2.24, 2.45) is 4.99 Å². The summed E-state index contributed by atoms with van der Waals surface area (Å²) in [6.07, 6.45) is 10.5. The Morgan fingerprint density at radius 1 is 1.19 bits per heavy atom. The van der Waals surface area contributed by atoms with Gasteiger partial charge in [0.25, 0.3) is 0 Å². The molecule has 0 radical (unpaired) electrons. The van der Waals surface area contributed by atoms with E-state index in [4.69, 9.17) is 0 Å². The molecule has 3 rings (SSSR count). The summed E-state index contributed by atoms with van der Waals surface area (Å²) in [5.41, 5.74) is 1.05. The Morgan fingerprint density at radius 3 is 2.77 bits per heavy atom. The van der Waals surface area contributed by atoms with Crippen LogP contribution in [0.3, 0.4) is 0 Å². The van der Waals surface area contributed by atoms with Crippen molar-refractivity contribution in [3.63, 3.8) is 0 Å². The van der Waals surface area contributed by atoms with E-state index >= 15 is 0 Å². The van der Waals surface area contributed by atoms with Crippen molar-refractivity contribution < 1.29 is 4.79 Å². The summed E-state index contributed by atoms with van der Waals surface area (Å²) in [6.45, 7) is 7.85. The number of guanidine groups is 1. The number of halogens is 1. The molecule has 1 fully saturated rings. The highest BCUT2D eigenvalue weighted by Gasteiger charge is 2.15. The average Bonchev–Trinajstić information content (AvgIpc) is 3.08. The van der Waals surface area contributed by atoms with E-state index in [1.807, 2.05) is 40.9 Å². The number of imidazole rings is 1. The first-order chi connectivity index (χ1) is 14.7. The van der Waals surface area contributed by atoms with Crippen LogP contribution in [0.4, 0.5) is 0 Å². The van der Waals surface area contributed by atoms with Crippen LogP contribution in [0.25, 0.3) is 5.82 Å². The molecule has 2 N–H and O–H groups in total. The summed E-state index contributed by atoms with van der Waals surface area (Å²) in [4.78, 5) is 27.5. The van der Waals surface area contributed by atoms with Gasteiger partial charge in [-0.1, -0.05) is 12.5 Å². The number of amides is 1. The lowest BCUT2D eigenvalue weighted by atomic mass is 10.2. The van der Waals surface area contributed by atoms with Gasteiger partial charge in [0.1, 0.15) is 11.6 Å². The number of nitrogens with one attached hydrogen (secondary N) is 2. The zero-order valence-corrected chi connectivity index (χ0v) is 20.8. The third-order valence-corrected chi connectivity index (χ3v) is 5.21. The van der Waals surface area contributed by atoms with Gasteiger partial charge < -0.3 is 15.5 Å². The van der Waals surface area contributed by atoms with Gasteiger partial charge in [-0.05, 0) is 44.7 Å². The molecule has 1 aliphatic rings. The van der Waals surface area contributed by atoms with Gasteiger partial charge in [0.05, 0.1) is 6.54 Å². The molecular formula is C22H34IN7O. The second-order valence-electron chi connectivity index (χ2n) is 7.54. The standard InChI is InChI=1S/C22H33N7O.HI/c1-3-23-22(25-11-7-14-28-13-6-4-5-8-21(28)30)27-17-19-9-10-20(26-16-19)29-15-12-24-18(29)2;/h9-10,12,15-16H,3-8,11,13-14,17H2,1-2H3,(H2,23,25,27);1H. The third-order valence-electron chi connectivity index (χ3n) is 5.21. The zero-order valence-electron chi connectivity index (χ0n) is 18.5. The molecule has 0 bridgehead atoms. The van der Waals surface area contributed by atoms with Gasteiger partial charge in [-0.2, -0.15) is 0 Å². The lowest BCUT2D eigenvalue weighted by molar-refractivity contribution is -0.130. The molecule has 0 unspecified atom stereocenters. The van der Waals surface area contributed by atoms with Crippen LogP contribution in [0.5, 0.6) is 0 Å². The van der Waals surface area contributed by atoms with Gasteiger partial charge in [0.15, 0.2) is 5.96 Å². The van der Waals surface area contributed by atoms with Crippen LogP contribution in [0.15, 0.2) is 35.7 Å². The first kappa shape index (κ1) is 25.1. The first-order valence-corrected chi connectivity index (χ1v) is 10.9. The molecule has 9 heteroatoms. The van der Waals surface area contributed by atoms with E-state index in [9.17, 15) is 4.79 Å². The highest BCUT2D eigenvalue weighted by Crippen LogP contribution is 2.11. The second-order valence-corrected chi connectivity index (χ2v) is 7.54. The Hall–Kier alpha value is -2.17. The van der Waals surface area contributed by atoms with E-state index in [2.05, 4.69) is 32.5 Å². The molecule has 31 heavy (non-hydrogen) atoms. The molecule has 1 aliphatic heterocycles. The lowest BCUT2D eigenvalue weighted by Gasteiger charge is -2.20. The number of pyridine rings is 1. The lowest BCUT2D eigenvalue weighted by Crippen LogP contribution is -2.39. The number of carbonyl (C=O) groups is 1. The monoisotopic (exact) mass is 539 g/mol. The fourth-order valence-corrected chi connectivity index (χ4v) is 3.54. The Kier molecular flexibility index (Phi) is 10.8. The van der Waals surface area contributed by atoms with Crippen molar-refractivity contribution in [2.75, 3.05) is 26.2 Å². The summed E-state index contributed by atoms with van der Waals surface area (Å²) in [7, 11) is 0. The van der Waals surface area contributed by atoms with Crippen LogP contribution < -0.4 is 10.6 Å². The van der Waals surface area contributed by atoms with Crippen LogP contribution in [-0.4, -0.2) is 57.5 Å². The predicted octanol–water partition coefficient (Wildman–Crippen LogP) is 3.04. The van der Waals surface area contributed by atoms with Crippen LogP contribution in [-0.2, 0) is 11.3 Å². The minimum atomic E-state index is 0. The van der Waals surface area contributed by atoms with E-state index in [-0.39, 0.29) is 24.0 Å². The molecule has 8 nitrogen and oxygen atoms in total. The molecule has 3 heterocycles.